The number of carbonyl (C=O) groups excluding carboxylic acids is 2. The summed E-state index contributed by atoms with van der Waals surface area (Å²) in [5, 5.41) is 17.8. The van der Waals surface area contributed by atoms with Gasteiger partial charge < -0.3 is 25.3 Å². The van der Waals surface area contributed by atoms with Crippen molar-refractivity contribution < 1.29 is 37.0 Å². The third-order valence-electron chi connectivity index (χ3n) is 6.83. The predicted molar refractivity (Wildman–Crippen MR) is 154 cm³/mol. The summed E-state index contributed by atoms with van der Waals surface area (Å²) in [6.45, 7) is 8.95. The fourth-order valence-electron chi connectivity index (χ4n) is 4.61. The molecule has 1 aliphatic heterocycles. The maximum atomic E-state index is 13.5. The third kappa shape index (κ3) is 8.38. The van der Waals surface area contributed by atoms with Crippen LogP contribution in [0.5, 0.6) is 0 Å². The number of amides is 2. The minimum atomic E-state index is -4.55. The number of alkyl carbamates (subject to hydrolysis) is 1. The molecular weight excluding hydrogens is 565 g/mol. The molecule has 4 rings (SSSR count). The number of benzene rings is 2. The molecule has 1 atom stereocenters. The lowest BCUT2D eigenvalue weighted by atomic mass is 9.95. The molecule has 0 aliphatic carbocycles. The molecule has 1 saturated heterocycles. The lowest BCUT2D eigenvalue weighted by Crippen LogP contribution is -2.44. The van der Waals surface area contributed by atoms with Gasteiger partial charge in [0.15, 0.2) is 0 Å². The number of carbonyl (C=O) groups is 2. The zero-order chi connectivity index (χ0) is 31.4. The smallest absolute Gasteiger partial charge is 0.416 e. The topological polar surface area (TPSA) is 107 Å². The standard InChI is InChI=1S/C31H35F3N4O5/c1-20(36-28(39)23-11-12-38(41)27(17-23)37-13-15-42-16-14-37)21-5-7-22(8-6-21)26-18-25(31(32,33)34)10-9-24(26)19-35-29(40)43-30(2,3)4/h5-12,17-18,20H,13-16,19H2,1-4H3,(H,35,40)(H,36,39)/t20-/m1/s1. The van der Waals surface area contributed by atoms with Gasteiger partial charge in [0, 0.05) is 12.6 Å². The quantitative estimate of drug-likeness (QED) is 0.280. The van der Waals surface area contributed by atoms with Crippen molar-refractivity contribution in [2.75, 3.05) is 31.2 Å². The van der Waals surface area contributed by atoms with Gasteiger partial charge in [0.2, 0.25) is 0 Å². The van der Waals surface area contributed by atoms with Crippen LogP contribution in [0.25, 0.3) is 11.1 Å². The first kappa shape index (κ1) is 31.6. The van der Waals surface area contributed by atoms with Crippen molar-refractivity contribution in [1.29, 1.82) is 0 Å². The van der Waals surface area contributed by atoms with Gasteiger partial charge in [-0.05, 0) is 68.1 Å². The van der Waals surface area contributed by atoms with Crippen molar-refractivity contribution in [2.45, 2.75) is 52.1 Å². The Morgan fingerprint density at radius 2 is 1.72 bits per heavy atom. The van der Waals surface area contributed by atoms with Gasteiger partial charge in [0.05, 0.1) is 36.6 Å². The van der Waals surface area contributed by atoms with Crippen LogP contribution in [0.2, 0.25) is 0 Å². The molecule has 0 spiro atoms. The molecule has 230 valence electrons. The molecule has 2 N–H and O–H groups in total. The fraction of sp³-hybridized carbons (Fsp3) is 0.387. The predicted octanol–water partition coefficient (Wildman–Crippen LogP) is 5.36. The summed E-state index contributed by atoms with van der Waals surface area (Å²) in [6, 6.07) is 12.7. The average molecular weight is 601 g/mol. The van der Waals surface area contributed by atoms with Crippen LogP contribution in [0.4, 0.5) is 23.8 Å². The average Bonchev–Trinajstić information content (AvgIpc) is 2.95. The number of alkyl halides is 3. The number of morpholine rings is 1. The summed E-state index contributed by atoms with van der Waals surface area (Å²) in [4.78, 5) is 27.1. The number of ether oxygens (including phenoxy) is 2. The van der Waals surface area contributed by atoms with E-state index in [-0.39, 0.29) is 12.5 Å². The van der Waals surface area contributed by atoms with E-state index in [0.717, 1.165) is 22.4 Å². The minimum absolute atomic E-state index is 0.0382. The van der Waals surface area contributed by atoms with Gasteiger partial charge in [0.25, 0.3) is 11.7 Å². The SMILES string of the molecule is C[C@@H](NC(=O)c1cc[n+]([O-])c(N2CCOCC2)c1)c1ccc(-c2cc(C(F)(F)F)ccc2CNC(=O)OC(C)(C)C)cc1. The van der Waals surface area contributed by atoms with Crippen LogP contribution in [0.3, 0.4) is 0 Å². The Morgan fingerprint density at radius 3 is 2.35 bits per heavy atom. The molecule has 0 saturated carbocycles. The Labute approximate surface area is 248 Å². The van der Waals surface area contributed by atoms with Crippen molar-refractivity contribution in [2.24, 2.45) is 0 Å². The number of anilines is 1. The van der Waals surface area contributed by atoms with Crippen LogP contribution in [0.1, 0.15) is 60.8 Å². The van der Waals surface area contributed by atoms with Gasteiger partial charge in [-0.3, -0.25) is 9.69 Å². The highest BCUT2D eigenvalue weighted by Crippen LogP contribution is 2.34. The third-order valence-corrected chi connectivity index (χ3v) is 6.83. The second-order valence-corrected chi connectivity index (χ2v) is 11.2. The van der Waals surface area contributed by atoms with Crippen LogP contribution in [-0.2, 0) is 22.2 Å². The maximum Gasteiger partial charge on any atom is 0.416 e. The number of nitrogens with zero attached hydrogens (tertiary/aromatic N) is 2. The minimum Gasteiger partial charge on any atom is -0.711 e. The maximum absolute atomic E-state index is 13.5. The van der Waals surface area contributed by atoms with Crippen molar-refractivity contribution >= 4 is 17.8 Å². The van der Waals surface area contributed by atoms with Gasteiger partial charge in [-0.2, -0.15) is 13.2 Å². The second-order valence-electron chi connectivity index (χ2n) is 11.2. The normalized spacial score (nSPS) is 14.6. The summed E-state index contributed by atoms with van der Waals surface area (Å²) >= 11 is 0. The first-order valence-corrected chi connectivity index (χ1v) is 13.9. The molecule has 1 aromatic heterocycles. The van der Waals surface area contributed by atoms with Gasteiger partial charge >= 0.3 is 12.3 Å². The molecule has 9 nitrogen and oxygen atoms in total. The zero-order valence-corrected chi connectivity index (χ0v) is 24.5. The number of hydrogen-bond donors (Lipinski definition) is 2. The molecule has 2 heterocycles. The molecule has 1 aliphatic rings. The molecule has 0 unspecified atom stereocenters. The summed E-state index contributed by atoms with van der Waals surface area (Å²) in [5.41, 5.74) is 0.797. The van der Waals surface area contributed by atoms with Crippen LogP contribution in [0, 0.1) is 5.21 Å². The Hall–Kier alpha value is -4.32. The summed E-state index contributed by atoms with van der Waals surface area (Å²) < 4.78 is 51.9. The number of aromatic nitrogens is 1. The summed E-state index contributed by atoms with van der Waals surface area (Å²) in [7, 11) is 0. The number of nitrogens with one attached hydrogen (secondary N) is 2. The number of pyridine rings is 1. The lowest BCUT2D eigenvalue weighted by Gasteiger charge is -2.24. The van der Waals surface area contributed by atoms with Gasteiger partial charge in [-0.15, -0.1) is 0 Å². The second kappa shape index (κ2) is 12.9. The summed E-state index contributed by atoms with van der Waals surface area (Å²) in [6.07, 6.45) is -3.93. The van der Waals surface area contributed by atoms with E-state index in [9.17, 15) is 28.0 Å². The van der Waals surface area contributed by atoms with E-state index in [0.29, 0.717) is 54.4 Å². The molecule has 2 aromatic carbocycles. The molecule has 2 amide bonds. The Morgan fingerprint density at radius 1 is 1.05 bits per heavy atom. The zero-order valence-electron chi connectivity index (χ0n) is 24.5. The van der Waals surface area contributed by atoms with Crippen LogP contribution in [-0.4, -0.2) is 43.9 Å². The molecule has 0 radical (unpaired) electrons. The number of hydrogen-bond acceptors (Lipinski definition) is 6. The van der Waals surface area contributed by atoms with Crippen molar-refractivity contribution in [3.05, 3.63) is 88.3 Å². The molecule has 1 fully saturated rings. The molecule has 3 aromatic rings. The van der Waals surface area contributed by atoms with Crippen LogP contribution >= 0.6 is 0 Å². The van der Waals surface area contributed by atoms with E-state index in [4.69, 9.17) is 9.47 Å². The van der Waals surface area contributed by atoms with Gasteiger partial charge in [0.1, 0.15) is 18.7 Å². The van der Waals surface area contributed by atoms with Gasteiger partial charge in [-0.25, -0.2) is 9.52 Å². The Bertz CT molecular complexity index is 1450. The molecular formula is C31H35F3N4O5. The molecule has 12 heteroatoms. The van der Waals surface area contributed by atoms with Crippen molar-refractivity contribution in [3.63, 3.8) is 0 Å². The van der Waals surface area contributed by atoms with Crippen molar-refractivity contribution in [3.8, 4) is 11.1 Å². The van der Waals surface area contributed by atoms with Crippen molar-refractivity contribution in [1.82, 2.24) is 10.6 Å². The van der Waals surface area contributed by atoms with E-state index in [1.54, 1.807) is 58.0 Å². The Balaban J connectivity index is 1.51. The van der Waals surface area contributed by atoms with Gasteiger partial charge in [-0.1, -0.05) is 30.3 Å². The first-order valence-electron chi connectivity index (χ1n) is 13.9. The first-order chi connectivity index (χ1) is 20.2. The highest BCUT2D eigenvalue weighted by Gasteiger charge is 2.31. The highest BCUT2D eigenvalue weighted by molar-refractivity contribution is 5.94. The Kier molecular flexibility index (Phi) is 9.49. The van der Waals surface area contributed by atoms with E-state index in [2.05, 4.69) is 10.6 Å². The highest BCUT2D eigenvalue weighted by atomic mass is 19.4. The van der Waals surface area contributed by atoms with E-state index in [1.807, 2.05) is 4.90 Å². The van der Waals surface area contributed by atoms with Crippen LogP contribution < -0.4 is 20.3 Å². The molecule has 43 heavy (non-hydrogen) atoms. The van der Waals surface area contributed by atoms with E-state index in [1.165, 1.54) is 18.3 Å². The largest absolute Gasteiger partial charge is 0.711 e. The number of rotatable bonds is 7. The van der Waals surface area contributed by atoms with E-state index >= 15 is 0 Å². The monoisotopic (exact) mass is 600 g/mol. The molecule has 0 bridgehead atoms. The summed E-state index contributed by atoms with van der Waals surface area (Å²) in [5.74, 6) is -0.00827. The van der Waals surface area contributed by atoms with E-state index < -0.39 is 29.5 Å². The fourth-order valence-corrected chi connectivity index (χ4v) is 4.61. The van der Waals surface area contributed by atoms with Crippen LogP contribution in [0.15, 0.2) is 60.8 Å². The number of halogens is 3. The lowest BCUT2D eigenvalue weighted by molar-refractivity contribution is -0.592.